The van der Waals surface area contributed by atoms with Crippen LogP contribution in [0.25, 0.3) is 0 Å². The van der Waals surface area contributed by atoms with Gasteiger partial charge in [-0.25, -0.2) is 0 Å². The summed E-state index contributed by atoms with van der Waals surface area (Å²) in [6, 6.07) is 5.21. The van der Waals surface area contributed by atoms with Gasteiger partial charge in [-0.2, -0.15) is 0 Å². The molecule has 0 N–H and O–H groups in total. The largest absolute Gasteiger partial charge is 0.488 e. The molecule has 1 aromatic rings. The van der Waals surface area contributed by atoms with Crippen molar-refractivity contribution in [1.29, 1.82) is 0 Å². The van der Waals surface area contributed by atoms with Crippen molar-refractivity contribution in [3.63, 3.8) is 0 Å². The molecule has 1 aromatic carbocycles. The second-order valence-corrected chi connectivity index (χ2v) is 8.52. The molecule has 6 unspecified atom stereocenters. The SMILES string of the molecule is ClCC1COC(COc2cc(OCC3OCC(CCl)O3)cc(OCC3OCC(CCl)O3)c2)O1. The lowest BCUT2D eigenvalue weighted by Gasteiger charge is -2.17. The van der Waals surface area contributed by atoms with Crippen LogP contribution in [0.4, 0.5) is 0 Å². The molecule has 9 nitrogen and oxygen atoms in total. The van der Waals surface area contributed by atoms with Gasteiger partial charge in [0.25, 0.3) is 0 Å². The fourth-order valence-corrected chi connectivity index (χ4v) is 3.80. The molecule has 3 fully saturated rings. The van der Waals surface area contributed by atoms with Gasteiger partial charge in [-0.1, -0.05) is 0 Å². The number of hydrogen-bond donors (Lipinski definition) is 0. The van der Waals surface area contributed by atoms with E-state index in [0.29, 0.717) is 54.7 Å². The first-order chi connectivity index (χ1) is 16.1. The van der Waals surface area contributed by atoms with Crippen LogP contribution in [0.15, 0.2) is 18.2 Å². The van der Waals surface area contributed by atoms with Crippen LogP contribution in [0, 0.1) is 0 Å². The summed E-state index contributed by atoms with van der Waals surface area (Å²) < 4.78 is 51.1. The first kappa shape index (κ1) is 25.3. The van der Waals surface area contributed by atoms with Gasteiger partial charge in [-0.05, 0) is 0 Å². The van der Waals surface area contributed by atoms with Crippen LogP contribution in [0.5, 0.6) is 17.2 Å². The third-order valence-electron chi connectivity index (χ3n) is 4.96. The fourth-order valence-electron chi connectivity index (χ4n) is 3.32. The number of benzene rings is 1. The second-order valence-electron chi connectivity index (χ2n) is 7.60. The van der Waals surface area contributed by atoms with Crippen molar-refractivity contribution >= 4 is 34.8 Å². The highest BCUT2D eigenvalue weighted by atomic mass is 35.5. The van der Waals surface area contributed by atoms with E-state index in [1.807, 2.05) is 0 Å². The van der Waals surface area contributed by atoms with Crippen molar-refractivity contribution < 1.29 is 42.6 Å². The summed E-state index contributed by atoms with van der Waals surface area (Å²) in [5.41, 5.74) is 0. The molecular weight excluding hydrogens is 503 g/mol. The zero-order valence-electron chi connectivity index (χ0n) is 17.9. The monoisotopic (exact) mass is 528 g/mol. The molecule has 0 amide bonds. The molecule has 6 atom stereocenters. The maximum absolute atomic E-state index is 5.86. The molecule has 0 aliphatic carbocycles. The maximum Gasteiger partial charge on any atom is 0.192 e. The predicted octanol–water partition coefficient (Wildman–Crippen LogP) is 2.76. The van der Waals surface area contributed by atoms with Crippen LogP contribution >= 0.6 is 34.8 Å². The zero-order chi connectivity index (χ0) is 23.0. The van der Waals surface area contributed by atoms with Gasteiger partial charge in [-0.3, -0.25) is 0 Å². The Morgan fingerprint density at radius 2 is 0.879 bits per heavy atom. The Hall–Kier alpha value is -0.750. The van der Waals surface area contributed by atoms with Crippen molar-refractivity contribution in [3.05, 3.63) is 18.2 Å². The zero-order valence-corrected chi connectivity index (χ0v) is 20.1. The predicted molar refractivity (Wildman–Crippen MR) is 119 cm³/mol. The summed E-state index contributed by atoms with van der Waals surface area (Å²) >= 11 is 17.4. The minimum Gasteiger partial charge on any atom is -0.488 e. The number of alkyl halides is 3. The van der Waals surface area contributed by atoms with E-state index in [0.717, 1.165) is 0 Å². The van der Waals surface area contributed by atoms with Crippen LogP contribution in [-0.4, -0.2) is 94.5 Å². The number of rotatable bonds is 12. The number of ether oxygens (including phenoxy) is 9. The molecule has 0 spiro atoms. The topological polar surface area (TPSA) is 83.1 Å². The highest BCUT2D eigenvalue weighted by molar-refractivity contribution is 6.18. The van der Waals surface area contributed by atoms with Crippen molar-refractivity contribution in [2.45, 2.75) is 37.2 Å². The molecule has 3 saturated heterocycles. The third kappa shape index (κ3) is 7.62. The van der Waals surface area contributed by atoms with E-state index in [2.05, 4.69) is 0 Å². The minimum atomic E-state index is -0.497. The summed E-state index contributed by atoms with van der Waals surface area (Å²) in [7, 11) is 0. The van der Waals surface area contributed by atoms with Crippen LogP contribution in [-0.2, 0) is 28.4 Å². The molecule has 3 aliphatic rings. The lowest BCUT2D eigenvalue weighted by molar-refractivity contribution is -0.0810. The summed E-state index contributed by atoms with van der Waals surface area (Å²) in [5, 5.41) is 0. The van der Waals surface area contributed by atoms with Gasteiger partial charge in [0.2, 0.25) is 0 Å². The number of halogens is 3. The van der Waals surface area contributed by atoms with Gasteiger partial charge >= 0.3 is 0 Å². The van der Waals surface area contributed by atoms with Crippen LogP contribution < -0.4 is 14.2 Å². The normalized spacial score (nSPS) is 31.7. The van der Waals surface area contributed by atoms with Gasteiger partial charge in [0.05, 0.1) is 55.8 Å². The molecule has 3 heterocycles. The molecule has 0 radical (unpaired) electrons. The summed E-state index contributed by atoms with van der Waals surface area (Å²) in [5.74, 6) is 2.64. The molecule has 186 valence electrons. The first-order valence-electron chi connectivity index (χ1n) is 10.7. The third-order valence-corrected chi connectivity index (χ3v) is 6.00. The Balaban J connectivity index is 1.35. The van der Waals surface area contributed by atoms with E-state index < -0.39 is 18.9 Å². The molecule has 12 heteroatoms. The van der Waals surface area contributed by atoms with Crippen LogP contribution in [0.3, 0.4) is 0 Å². The van der Waals surface area contributed by atoms with Crippen molar-refractivity contribution in [3.8, 4) is 17.2 Å². The molecule has 3 aliphatic heterocycles. The molecule has 0 saturated carbocycles. The van der Waals surface area contributed by atoms with Gasteiger partial charge in [0.1, 0.15) is 37.1 Å². The van der Waals surface area contributed by atoms with Crippen LogP contribution in [0.2, 0.25) is 0 Å². The van der Waals surface area contributed by atoms with Crippen molar-refractivity contribution in [1.82, 2.24) is 0 Å². The van der Waals surface area contributed by atoms with Crippen molar-refractivity contribution in [2.24, 2.45) is 0 Å². The summed E-state index contributed by atoms with van der Waals surface area (Å²) in [6.45, 7) is 1.87. The van der Waals surface area contributed by atoms with Gasteiger partial charge in [0, 0.05) is 18.2 Å². The summed E-state index contributed by atoms with van der Waals surface area (Å²) in [6.07, 6.45) is -1.91. The molecular formula is C21H27Cl3O9. The minimum absolute atomic E-state index is 0.139. The average Bonchev–Trinajstić information content (AvgIpc) is 3.60. The molecule has 4 rings (SSSR count). The van der Waals surface area contributed by atoms with Gasteiger partial charge < -0.3 is 42.6 Å². The Labute approximate surface area is 207 Å². The molecule has 0 aromatic heterocycles. The first-order valence-corrected chi connectivity index (χ1v) is 12.3. The smallest absolute Gasteiger partial charge is 0.192 e. The van der Waals surface area contributed by atoms with E-state index in [4.69, 9.17) is 77.4 Å². The van der Waals surface area contributed by atoms with E-state index in [9.17, 15) is 0 Å². The quantitative estimate of drug-likeness (QED) is 0.380. The van der Waals surface area contributed by atoms with Gasteiger partial charge in [-0.15, -0.1) is 34.8 Å². The van der Waals surface area contributed by atoms with E-state index in [-0.39, 0.29) is 38.1 Å². The molecule has 0 bridgehead atoms. The second kappa shape index (κ2) is 12.8. The Kier molecular flexibility index (Phi) is 9.84. The standard InChI is InChI=1S/C21H27Cl3O9/c22-4-16-7-28-19(31-16)10-25-13-1-14(26-11-20-29-8-17(5-23)32-20)3-15(2-13)27-12-21-30-9-18(6-24)33-21/h1-3,16-21H,4-12H2. The maximum atomic E-state index is 5.86. The average molecular weight is 530 g/mol. The van der Waals surface area contributed by atoms with E-state index >= 15 is 0 Å². The molecule has 33 heavy (non-hydrogen) atoms. The van der Waals surface area contributed by atoms with E-state index in [1.54, 1.807) is 18.2 Å². The Morgan fingerprint density at radius 1 is 0.576 bits per heavy atom. The summed E-state index contributed by atoms with van der Waals surface area (Å²) in [4.78, 5) is 0. The highest BCUT2D eigenvalue weighted by Crippen LogP contribution is 2.30. The fraction of sp³-hybridized carbons (Fsp3) is 0.714. The lowest BCUT2D eigenvalue weighted by atomic mass is 10.3. The Bertz CT molecular complexity index is 635. The van der Waals surface area contributed by atoms with E-state index in [1.165, 1.54) is 0 Å². The van der Waals surface area contributed by atoms with Crippen molar-refractivity contribution in [2.75, 3.05) is 57.3 Å². The number of hydrogen-bond acceptors (Lipinski definition) is 9. The Morgan fingerprint density at radius 3 is 1.12 bits per heavy atom. The lowest BCUT2D eigenvalue weighted by Crippen LogP contribution is -2.22. The van der Waals surface area contributed by atoms with Gasteiger partial charge in [0.15, 0.2) is 18.9 Å². The highest BCUT2D eigenvalue weighted by Gasteiger charge is 2.28. The van der Waals surface area contributed by atoms with Crippen LogP contribution in [0.1, 0.15) is 0 Å².